The van der Waals surface area contributed by atoms with Crippen LogP contribution in [0, 0.1) is 0 Å². The highest BCUT2D eigenvalue weighted by Gasteiger charge is 2.25. The van der Waals surface area contributed by atoms with Gasteiger partial charge in [-0.2, -0.15) is 0 Å². The van der Waals surface area contributed by atoms with E-state index in [2.05, 4.69) is 4.98 Å². The first-order valence-corrected chi connectivity index (χ1v) is 9.19. The molecule has 0 saturated heterocycles. The van der Waals surface area contributed by atoms with Crippen molar-refractivity contribution in [3.05, 3.63) is 89.0 Å². The summed E-state index contributed by atoms with van der Waals surface area (Å²) in [6.45, 7) is 0. The molecule has 6 heteroatoms. The molecule has 0 fully saturated rings. The van der Waals surface area contributed by atoms with Crippen molar-refractivity contribution in [2.45, 2.75) is 6.04 Å². The largest absolute Gasteiger partial charge is 0.467 e. The van der Waals surface area contributed by atoms with Crippen LogP contribution in [0.25, 0.3) is 20.7 Å². The molecule has 0 bridgehead atoms. The van der Waals surface area contributed by atoms with Crippen molar-refractivity contribution in [3.63, 3.8) is 0 Å². The van der Waals surface area contributed by atoms with E-state index in [9.17, 15) is 9.59 Å². The van der Waals surface area contributed by atoms with Gasteiger partial charge < -0.3 is 4.74 Å². The van der Waals surface area contributed by atoms with E-state index in [1.165, 1.54) is 29.3 Å². The molecule has 1 unspecified atom stereocenters. The fraction of sp³-hybridized carbons (Fsp3) is 0.0952. The molecule has 0 saturated carbocycles. The SMILES string of the molecule is COC(=O)C(c1ccccc1)n1cnc2sc(-c3ccccc3)cc2c1=O. The number of hydrogen-bond acceptors (Lipinski definition) is 5. The number of carbonyl (C=O) groups is 1. The van der Waals surface area contributed by atoms with E-state index in [-0.39, 0.29) is 5.56 Å². The highest BCUT2D eigenvalue weighted by molar-refractivity contribution is 7.21. The Morgan fingerprint density at radius 3 is 2.41 bits per heavy atom. The zero-order valence-corrected chi connectivity index (χ0v) is 15.3. The lowest BCUT2D eigenvalue weighted by atomic mass is 10.1. The van der Waals surface area contributed by atoms with Crippen LogP contribution in [0.15, 0.2) is 77.9 Å². The van der Waals surface area contributed by atoms with Crippen LogP contribution < -0.4 is 5.56 Å². The number of thiophene rings is 1. The van der Waals surface area contributed by atoms with Gasteiger partial charge in [0, 0.05) is 4.88 Å². The van der Waals surface area contributed by atoms with Gasteiger partial charge in [0.05, 0.1) is 12.5 Å². The highest BCUT2D eigenvalue weighted by Crippen LogP contribution is 2.31. The second kappa shape index (κ2) is 7.17. The van der Waals surface area contributed by atoms with Crippen LogP contribution in [0.4, 0.5) is 0 Å². The quantitative estimate of drug-likeness (QED) is 0.507. The predicted molar refractivity (Wildman–Crippen MR) is 106 cm³/mol. The average Bonchev–Trinajstić information content (AvgIpc) is 3.16. The van der Waals surface area contributed by atoms with Gasteiger partial charge in [0.25, 0.3) is 5.56 Å². The molecule has 0 radical (unpaired) electrons. The van der Waals surface area contributed by atoms with Crippen LogP contribution in [0.5, 0.6) is 0 Å². The Bertz CT molecular complexity index is 1150. The minimum absolute atomic E-state index is 0.266. The second-order valence-corrected chi connectivity index (χ2v) is 7.02. The van der Waals surface area contributed by atoms with Gasteiger partial charge in [-0.15, -0.1) is 11.3 Å². The zero-order valence-electron chi connectivity index (χ0n) is 14.5. The summed E-state index contributed by atoms with van der Waals surface area (Å²) in [5.41, 5.74) is 1.43. The van der Waals surface area contributed by atoms with E-state index < -0.39 is 12.0 Å². The minimum Gasteiger partial charge on any atom is -0.467 e. The number of nitrogens with zero attached hydrogens (tertiary/aromatic N) is 2. The van der Waals surface area contributed by atoms with Crippen LogP contribution in [0.3, 0.4) is 0 Å². The van der Waals surface area contributed by atoms with Crippen LogP contribution in [0.2, 0.25) is 0 Å². The van der Waals surface area contributed by atoms with E-state index in [0.717, 1.165) is 10.4 Å². The summed E-state index contributed by atoms with van der Waals surface area (Å²) >= 11 is 1.45. The number of fused-ring (bicyclic) bond motifs is 1. The van der Waals surface area contributed by atoms with E-state index in [1.807, 2.05) is 54.6 Å². The lowest BCUT2D eigenvalue weighted by molar-refractivity contribution is -0.143. The molecule has 0 aliphatic heterocycles. The molecule has 134 valence electrons. The molecule has 4 aromatic rings. The molecular formula is C21H16N2O3S. The molecule has 0 N–H and O–H groups in total. The normalized spacial score (nSPS) is 12.0. The summed E-state index contributed by atoms with van der Waals surface area (Å²) in [6, 6.07) is 19.9. The molecule has 2 aromatic carbocycles. The number of hydrogen-bond donors (Lipinski definition) is 0. The molecule has 2 heterocycles. The smallest absolute Gasteiger partial charge is 0.333 e. The molecule has 0 aliphatic carbocycles. The fourth-order valence-corrected chi connectivity index (χ4v) is 4.02. The van der Waals surface area contributed by atoms with Crippen LogP contribution in [0.1, 0.15) is 11.6 Å². The number of ether oxygens (including phenoxy) is 1. The Morgan fingerprint density at radius 2 is 1.74 bits per heavy atom. The average molecular weight is 376 g/mol. The summed E-state index contributed by atoms with van der Waals surface area (Å²) < 4.78 is 6.28. The molecule has 4 rings (SSSR count). The molecule has 0 amide bonds. The monoisotopic (exact) mass is 376 g/mol. The van der Waals surface area contributed by atoms with Gasteiger partial charge in [-0.05, 0) is 17.2 Å². The summed E-state index contributed by atoms with van der Waals surface area (Å²) in [5.74, 6) is -0.511. The molecule has 0 aliphatic rings. The van der Waals surface area contributed by atoms with Crippen LogP contribution >= 0.6 is 11.3 Å². The maximum Gasteiger partial charge on any atom is 0.333 e. The first-order valence-electron chi connectivity index (χ1n) is 8.38. The van der Waals surface area contributed by atoms with Gasteiger partial charge in [-0.25, -0.2) is 9.78 Å². The van der Waals surface area contributed by atoms with E-state index in [0.29, 0.717) is 15.8 Å². The minimum atomic E-state index is -0.874. The molecule has 2 aromatic heterocycles. The van der Waals surface area contributed by atoms with Crippen LogP contribution in [-0.4, -0.2) is 22.6 Å². The third-order valence-electron chi connectivity index (χ3n) is 4.35. The summed E-state index contributed by atoms with van der Waals surface area (Å²) in [7, 11) is 1.31. The van der Waals surface area contributed by atoms with Gasteiger partial charge in [-0.1, -0.05) is 60.7 Å². The maximum absolute atomic E-state index is 13.1. The summed E-state index contributed by atoms with van der Waals surface area (Å²) in [4.78, 5) is 31.6. The Labute approximate surface area is 159 Å². The van der Waals surface area contributed by atoms with Gasteiger partial charge in [0.2, 0.25) is 0 Å². The Balaban J connectivity index is 1.87. The van der Waals surface area contributed by atoms with Crippen molar-refractivity contribution < 1.29 is 9.53 Å². The molecule has 27 heavy (non-hydrogen) atoms. The standard InChI is InChI=1S/C21H16N2O3S/c1-26-21(25)18(15-10-6-3-7-11-15)23-13-22-19-16(20(23)24)12-17(27-19)14-8-4-2-5-9-14/h2-13,18H,1H3. The van der Waals surface area contributed by atoms with Gasteiger partial charge >= 0.3 is 5.97 Å². The lowest BCUT2D eigenvalue weighted by Crippen LogP contribution is -2.31. The number of benzene rings is 2. The van der Waals surface area contributed by atoms with Crippen molar-refractivity contribution in [1.82, 2.24) is 9.55 Å². The molecular weight excluding hydrogens is 360 g/mol. The fourth-order valence-electron chi connectivity index (χ4n) is 3.02. The third kappa shape index (κ3) is 3.15. The molecule has 1 atom stereocenters. The Hall–Kier alpha value is -3.25. The number of carbonyl (C=O) groups excluding carboxylic acids is 1. The lowest BCUT2D eigenvalue weighted by Gasteiger charge is -2.17. The summed E-state index contributed by atoms with van der Waals surface area (Å²) in [5, 5.41) is 0.492. The number of rotatable bonds is 4. The first-order chi connectivity index (χ1) is 13.2. The van der Waals surface area contributed by atoms with Gasteiger partial charge in [0.1, 0.15) is 11.2 Å². The Morgan fingerprint density at radius 1 is 1.07 bits per heavy atom. The Kier molecular flexibility index (Phi) is 4.56. The first kappa shape index (κ1) is 17.2. The van der Waals surface area contributed by atoms with Crippen molar-refractivity contribution in [3.8, 4) is 10.4 Å². The maximum atomic E-state index is 13.1. The highest BCUT2D eigenvalue weighted by atomic mass is 32.1. The van der Waals surface area contributed by atoms with Crippen molar-refractivity contribution in [2.24, 2.45) is 0 Å². The van der Waals surface area contributed by atoms with Crippen molar-refractivity contribution in [2.75, 3.05) is 7.11 Å². The van der Waals surface area contributed by atoms with E-state index in [4.69, 9.17) is 4.74 Å². The van der Waals surface area contributed by atoms with Crippen molar-refractivity contribution in [1.29, 1.82) is 0 Å². The van der Waals surface area contributed by atoms with Crippen molar-refractivity contribution >= 4 is 27.5 Å². The second-order valence-electron chi connectivity index (χ2n) is 5.99. The molecule has 5 nitrogen and oxygen atoms in total. The van der Waals surface area contributed by atoms with E-state index in [1.54, 1.807) is 12.1 Å². The van der Waals surface area contributed by atoms with Crippen LogP contribution in [-0.2, 0) is 9.53 Å². The molecule has 0 spiro atoms. The predicted octanol–water partition coefficient (Wildman–Crippen LogP) is 3.89. The van der Waals surface area contributed by atoms with Gasteiger partial charge in [-0.3, -0.25) is 9.36 Å². The summed E-state index contributed by atoms with van der Waals surface area (Å²) in [6.07, 6.45) is 1.42. The number of esters is 1. The number of methoxy groups -OCH3 is 1. The topological polar surface area (TPSA) is 61.2 Å². The van der Waals surface area contributed by atoms with E-state index >= 15 is 0 Å². The third-order valence-corrected chi connectivity index (χ3v) is 5.45. The number of aromatic nitrogens is 2. The van der Waals surface area contributed by atoms with Gasteiger partial charge in [0.15, 0.2) is 6.04 Å². The zero-order chi connectivity index (χ0) is 18.8.